The number of rotatable bonds is 4. The van der Waals surface area contributed by atoms with Gasteiger partial charge in [-0.3, -0.25) is 0 Å². The highest BCUT2D eigenvalue weighted by Crippen LogP contribution is 2.39. The number of esters is 2. The molecule has 146 valence electrons. The Hall–Kier alpha value is -3.80. The van der Waals surface area contributed by atoms with E-state index in [1.165, 1.54) is 14.2 Å². The molecule has 0 aliphatic heterocycles. The highest BCUT2D eigenvalue weighted by Gasteiger charge is 2.28. The van der Waals surface area contributed by atoms with Crippen LogP contribution < -0.4 is 0 Å². The van der Waals surface area contributed by atoms with Crippen LogP contribution in [0.1, 0.15) is 26.3 Å². The number of fused-ring (bicyclic) bond motifs is 3. The topological polar surface area (TPSA) is 77.8 Å². The number of para-hydroxylation sites is 1. The molecule has 0 radical (unpaired) electrons. The lowest BCUT2D eigenvalue weighted by Crippen LogP contribution is -2.13. The Balaban J connectivity index is 2.11. The number of benzene rings is 3. The molecule has 0 aliphatic rings. The van der Waals surface area contributed by atoms with Gasteiger partial charge in [-0.1, -0.05) is 48.5 Å². The molecule has 0 saturated carbocycles. The predicted octanol–water partition coefficient (Wildman–Crippen LogP) is 4.12. The molecule has 4 rings (SSSR count). The summed E-state index contributed by atoms with van der Waals surface area (Å²) in [7, 11) is 2.43. The van der Waals surface area contributed by atoms with Crippen molar-refractivity contribution in [3.63, 3.8) is 0 Å². The number of phenolic OH excluding ortho intramolecular Hbond substituents is 1. The second-order valence-corrected chi connectivity index (χ2v) is 6.62. The van der Waals surface area contributed by atoms with E-state index in [1.807, 2.05) is 59.2 Å². The molecular formula is C23H19NO5. The molecule has 0 bridgehead atoms. The molecule has 0 spiro atoms. The van der Waals surface area contributed by atoms with Crippen LogP contribution in [0.2, 0.25) is 0 Å². The molecule has 0 aliphatic carbocycles. The summed E-state index contributed by atoms with van der Waals surface area (Å²) in [6, 6.07) is 19.0. The minimum Gasteiger partial charge on any atom is -0.505 e. The Morgan fingerprint density at radius 1 is 0.897 bits per heavy atom. The Bertz CT molecular complexity index is 1240. The van der Waals surface area contributed by atoms with Crippen LogP contribution in [-0.2, 0) is 16.0 Å². The first-order chi connectivity index (χ1) is 14.1. The van der Waals surface area contributed by atoms with Crippen LogP contribution in [0, 0.1) is 0 Å². The molecule has 6 heteroatoms. The van der Waals surface area contributed by atoms with E-state index in [-0.39, 0.29) is 16.9 Å². The lowest BCUT2D eigenvalue weighted by molar-refractivity contribution is 0.0552. The standard InChI is InChI=1S/C23H19NO5/c1-28-22(26)17-12-16-15-10-6-7-11-18(15)24(13-14-8-4-3-5-9-14)20(16)21(25)19(17)23(27)29-2/h3-12,25H,13H2,1-2H3. The largest absolute Gasteiger partial charge is 0.505 e. The van der Waals surface area contributed by atoms with Crippen molar-refractivity contribution in [3.05, 3.63) is 77.4 Å². The van der Waals surface area contributed by atoms with Crippen molar-refractivity contribution >= 4 is 33.7 Å². The summed E-state index contributed by atoms with van der Waals surface area (Å²) in [6.45, 7) is 0.483. The van der Waals surface area contributed by atoms with E-state index in [2.05, 4.69) is 0 Å². The highest BCUT2D eigenvalue weighted by atomic mass is 16.5. The van der Waals surface area contributed by atoms with Crippen LogP contribution in [0.15, 0.2) is 60.7 Å². The summed E-state index contributed by atoms with van der Waals surface area (Å²) < 4.78 is 11.6. The first kappa shape index (κ1) is 18.6. The van der Waals surface area contributed by atoms with Gasteiger partial charge in [-0.25, -0.2) is 9.59 Å². The Morgan fingerprint density at radius 2 is 1.55 bits per heavy atom. The van der Waals surface area contributed by atoms with Gasteiger partial charge >= 0.3 is 11.9 Å². The first-order valence-corrected chi connectivity index (χ1v) is 9.04. The van der Waals surface area contributed by atoms with Gasteiger partial charge in [-0.05, 0) is 17.7 Å². The molecule has 4 aromatic rings. The van der Waals surface area contributed by atoms with Crippen molar-refractivity contribution in [1.82, 2.24) is 4.57 Å². The summed E-state index contributed by atoms with van der Waals surface area (Å²) >= 11 is 0. The number of aromatic hydroxyl groups is 1. The molecular weight excluding hydrogens is 370 g/mol. The van der Waals surface area contributed by atoms with E-state index in [4.69, 9.17) is 9.47 Å². The molecule has 1 heterocycles. The summed E-state index contributed by atoms with van der Waals surface area (Å²) in [5, 5.41) is 12.6. The summed E-state index contributed by atoms with van der Waals surface area (Å²) in [5.41, 5.74) is 2.13. The van der Waals surface area contributed by atoms with Gasteiger partial charge in [0, 0.05) is 22.8 Å². The first-order valence-electron chi connectivity index (χ1n) is 9.04. The molecule has 1 aromatic heterocycles. The number of hydrogen-bond donors (Lipinski definition) is 1. The van der Waals surface area contributed by atoms with Crippen molar-refractivity contribution in [2.75, 3.05) is 14.2 Å². The van der Waals surface area contributed by atoms with Crippen LogP contribution in [0.5, 0.6) is 5.75 Å². The molecule has 0 fully saturated rings. The fourth-order valence-electron chi connectivity index (χ4n) is 3.70. The minimum atomic E-state index is -0.804. The minimum absolute atomic E-state index is 0.0352. The average molecular weight is 389 g/mol. The third-order valence-electron chi connectivity index (χ3n) is 5.01. The van der Waals surface area contributed by atoms with Gasteiger partial charge in [-0.15, -0.1) is 0 Å². The van der Waals surface area contributed by atoms with E-state index >= 15 is 0 Å². The molecule has 29 heavy (non-hydrogen) atoms. The fraction of sp³-hybridized carbons (Fsp3) is 0.130. The van der Waals surface area contributed by atoms with Gasteiger partial charge in [-0.2, -0.15) is 0 Å². The van der Waals surface area contributed by atoms with Gasteiger partial charge in [0.15, 0.2) is 5.75 Å². The van der Waals surface area contributed by atoms with Gasteiger partial charge < -0.3 is 19.1 Å². The summed E-state index contributed by atoms with van der Waals surface area (Å²) in [4.78, 5) is 24.7. The number of aromatic nitrogens is 1. The van der Waals surface area contributed by atoms with Crippen molar-refractivity contribution < 1.29 is 24.2 Å². The third kappa shape index (κ3) is 2.99. The van der Waals surface area contributed by atoms with Gasteiger partial charge in [0.05, 0.1) is 25.3 Å². The van der Waals surface area contributed by atoms with Crippen LogP contribution in [-0.4, -0.2) is 35.8 Å². The van der Waals surface area contributed by atoms with Gasteiger partial charge in [0.2, 0.25) is 0 Å². The van der Waals surface area contributed by atoms with Crippen LogP contribution in [0.25, 0.3) is 21.8 Å². The SMILES string of the molecule is COC(=O)c1cc2c3ccccc3n(Cc3ccccc3)c2c(O)c1C(=O)OC. The van der Waals surface area contributed by atoms with Crippen molar-refractivity contribution in [3.8, 4) is 5.75 Å². The van der Waals surface area contributed by atoms with E-state index in [1.54, 1.807) is 6.07 Å². The molecule has 0 atom stereocenters. The molecule has 6 nitrogen and oxygen atoms in total. The Kier molecular flexibility index (Phi) is 4.68. The number of carbonyl (C=O) groups is 2. The second kappa shape index (κ2) is 7.31. The summed E-state index contributed by atoms with van der Waals surface area (Å²) in [6.07, 6.45) is 0. The van der Waals surface area contributed by atoms with Gasteiger partial charge in [0.1, 0.15) is 5.56 Å². The lowest BCUT2D eigenvalue weighted by Gasteiger charge is -2.13. The number of phenols is 1. The second-order valence-electron chi connectivity index (χ2n) is 6.62. The Morgan fingerprint density at radius 3 is 2.24 bits per heavy atom. The van der Waals surface area contributed by atoms with Crippen LogP contribution in [0.3, 0.4) is 0 Å². The summed E-state index contributed by atoms with van der Waals surface area (Å²) in [5.74, 6) is -1.83. The van der Waals surface area contributed by atoms with Gasteiger partial charge in [0.25, 0.3) is 0 Å². The zero-order valence-electron chi connectivity index (χ0n) is 16.0. The van der Waals surface area contributed by atoms with Crippen molar-refractivity contribution in [2.45, 2.75) is 6.54 Å². The Labute approximate surface area is 166 Å². The van der Waals surface area contributed by atoms with Crippen LogP contribution in [0.4, 0.5) is 0 Å². The monoisotopic (exact) mass is 389 g/mol. The zero-order chi connectivity index (χ0) is 20.5. The normalized spacial score (nSPS) is 11.0. The highest BCUT2D eigenvalue weighted by molar-refractivity contribution is 6.17. The maximum absolute atomic E-state index is 12.4. The molecule has 0 saturated heterocycles. The number of hydrogen-bond acceptors (Lipinski definition) is 5. The predicted molar refractivity (Wildman–Crippen MR) is 109 cm³/mol. The maximum atomic E-state index is 12.4. The quantitative estimate of drug-likeness (QED) is 0.531. The van der Waals surface area contributed by atoms with E-state index in [0.29, 0.717) is 17.4 Å². The fourth-order valence-corrected chi connectivity index (χ4v) is 3.70. The third-order valence-corrected chi connectivity index (χ3v) is 5.01. The number of carbonyl (C=O) groups excluding carboxylic acids is 2. The average Bonchev–Trinajstić information content (AvgIpc) is 3.07. The molecule has 0 amide bonds. The van der Waals surface area contributed by atoms with Crippen molar-refractivity contribution in [1.29, 1.82) is 0 Å². The lowest BCUT2D eigenvalue weighted by atomic mass is 10.0. The number of nitrogens with zero attached hydrogens (tertiary/aromatic N) is 1. The molecule has 0 unspecified atom stereocenters. The molecule has 3 aromatic carbocycles. The van der Waals surface area contributed by atoms with E-state index in [0.717, 1.165) is 16.5 Å². The van der Waals surface area contributed by atoms with E-state index < -0.39 is 11.9 Å². The number of ether oxygens (including phenoxy) is 2. The zero-order valence-corrected chi connectivity index (χ0v) is 16.0. The molecule has 1 N–H and O–H groups in total. The smallest absolute Gasteiger partial charge is 0.342 e. The number of methoxy groups -OCH3 is 2. The maximum Gasteiger partial charge on any atom is 0.342 e. The van der Waals surface area contributed by atoms with E-state index in [9.17, 15) is 14.7 Å². The van der Waals surface area contributed by atoms with Crippen molar-refractivity contribution in [2.24, 2.45) is 0 Å². The van der Waals surface area contributed by atoms with Crippen LogP contribution >= 0.6 is 0 Å².